The molecular formula is C23H23Cl2NO4. The summed E-state index contributed by atoms with van der Waals surface area (Å²) in [6.45, 7) is 0. The molecule has 2 saturated heterocycles. The molecule has 2 aliphatic heterocycles. The van der Waals surface area contributed by atoms with Gasteiger partial charge in [0.05, 0.1) is 34.7 Å². The van der Waals surface area contributed by atoms with Crippen LogP contribution < -0.4 is 0 Å². The maximum Gasteiger partial charge on any atom is 0.338 e. The van der Waals surface area contributed by atoms with Crippen molar-refractivity contribution in [3.05, 3.63) is 69.7 Å². The van der Waals surface area contributed by atoms with Crippen LogP contribution in [0.1, 0.15) is 34.7 Å². The van der Waals surface area contributed by atoms with Crippen LogP contribution >= 0.6 is 23.2 Å². The Labute approximate surface area is 185 Å². The number of ether oxygens (including phenoxy) is 2. The number of hydrogen-bond acceptors (Lipinski definition) is 5. The predicted octanol–water partition coefficient (Wildman–Crippen LogP) is 4.57. The van der Waals surface area contributed by atoms with Crippen molar-refractivity contribution in [2.24, 2.45) is 5.92 Å². The van der Waals surface area contributed by atoms with Crippen molar-refractivity contribution in [1.82, 2.24) is 4.90 Å². The van der Waals surface area contributed by atoms with Crippen LogP contribution in [0.5, 0.6) is 0 Å². The van der Waals surface area contributed by atoms with E-state index in [-0.39, 0.29) is 29.9 Å². The van der Waals surface area contributed by atoms with Gasteiger partial charge in [0.1, 0.15) is 6.10 Å². The van der Waals surface area contributed by atoms with E-state index in [0.717, 1.165) is 12.0 Å². The van der Waals surface area contributed by atoms with Gasteiger partial charge in [0.2, 0.25) is 0 Å². The van der Waals surface area contributed by atoms with E-state index in [0.29, 0.717) is 22.0 Å². The van der Waals surface area contributed by atoms with Crippen molar-refractivity contribution in [1.29, 1.82) is 0 Å². The van der Waals surface area contributed by atoms with Crippen molar-refractivity contribution in [3.63, 3.8) is 0 Å². The Morgan fingerprint density at radius 2 is 1.77 bits per heavy atom. The molecule has 0 aromatic heterocycles. The van der Waals surface area contributed by atoms with Crippen molar-refractivity contribution in [2.75, 3.05) is 14.2 Å². The average molecular weight is 448 g/mol. The number of halogens is 2. The third kappa shape index (κ3) is 3.82. The molecule has 0 saturated carbocycles. The molecule has 0 spiro atoms. The summed E-state index contributed by atoms with van der Waals surface area (Å²) in [5.41, 5.74) is 1.44. The number of carbonyl (C=O) groups excluding carboxylic acids is 2. The summed E-state index contributed by atoms with van der Waals surface area (Å²) in [5.74, 6) is -1.27. The Balaban J connectivity index is 1.65. The van der Waals surface area contributed by atoms with E-state index in [2.05, 4.69) is 4.90 Å². The first-order chi connectivity index (χ1) is 14.4. The molecule has 5 atom stereocenters. The number of esters is 2. The van der Waals surface area contributed by atoms with Gasteiger partial charge in [0.15, 0.2) is 0 Å². The molecule has 2 heterocycles. The molecule has 30 heavy (non-hydrogen) atoms. The molecule has 2 bridgehead atoms. The maximum atomic E-state index is 12.9. The van der Waals surface area contributed by atoms with Crippen LogP contribution in [-0.4, -0.2) is 49.2 Å². The predicted molar refractivity (Wildman–Crippen MR) is 115 cm³/mol. The number of likely N-dealkylation sites (N-methyl/N-ethyl adjacent to an activating group) is 1. The van der Waals surface area contributed by atoms with Gasteiger partial charge in [-0.25, -0.2) is 4.79 Å². The summed E-state index contributed by atoms with van der Waals surface area (Å²) < 4.78 is 11.1. The summed E-state index contributed by atoms with van der Waals surface area (Å²) in [7, 11) is 3.37. The van der Waals surface area contributed by atoms with Crippen LogP contribution in [0.2, 0.25) is 10.0 Å². The van der Waals surface area contributed by atoms with E-state index in [9.17, 15) is 9.59 Å². The smallest absolute Gasteiger partial charge is 0.338 e. The van der Waals surface area contributed by atoms with E-state index >= 15 is 0 Å². The highest BCUT2D eigenvalue weighted by Crippen LogP contribution is 2.48. The second kappa shape index (κ2) is 8.58. The third-order valence-electron chi connectivity index (χ3n) is 6.37. The molecule has 0 unspecified atom stereocenters. The highest BCUT2D eigenvalue weighted by Gasteiger charge is 2.55. The van der Waals surface area contributed by atoms with E-state index in [1.165, 1.54) is 7.11 Å². The number of methoxy groups -OCH3 is 1. The fraction of sp³-hybridized carbons (Fsp3) is 0.391. The van der Waals surface area contributed by atoms with Gasteiger partial charge in [-0.3, -0.25) is 9.69 Å². The van der Waals surface area contributed by atoms with Gasteiger partial charge in [-0.05, 0) is 43.3 Å². The van der Waals surface area contributed by atoms with E-state index in [4.69, 9.17) is 32.7 Å². The normalized spacial score (nSPS) is 28.2. The SMILES string of the molecule is COC(=O)[C@@H]1[C@H]2[C@H](OC(=O)c3ccccc3)C[C@H](C[C@H]1c1ccc(Cl)c(Cl)c1)N2C. The molecule has 2 aliphatic rings. The van der Waals surface area contributed by atoms with E-state index in [1.54, 1.807) is 30.3 Å². The summed E-state index contributed by atoms with van der Waals surface area (Å²) in [6, 6.07) is 14.3. The molecule has 0 amide bonds. The first-order valence-electron chi connectivity index (χ1n) is 9.91. The monoisotopic (exact) mass is 447 g/mol. The summed E-state index contributed by atoms with van der Waals surface area (Å²) >= 11 is 12.3. The van der Waals surface area contributed by atoms with Crippen molar-refractivity contribution >= 4 is 35.1 Å². The lowest BCUT2D eigenvalue weighted by Crippen LogP contribution is -2.52. The summed E-state index contributed by atoms with van der Waals surface area (Å²) in [6.07, 6.45) is 1.01. The minimum Gasteiger partial charge on any atom is -0.469 e. The largest absolute Gasteiger partial charge is 0.469 e. The van der Waals surface area contributed by atoms with Gasteiger partial charge in [-0.15, -0.1) is 0 Å². The lowest BCUT2D eigenvalue weighted by atomic mass is 9.76. The Morgan fingerprint density at radius 1 is 1.03 bits per heavy atom. The summed E-state index contributed by atoms with van der Waals surface area (Å²) in [5, 5.41) is 0.928. The lowest BCUT2D eigenvalue weighted by Gasteiger charge is -2.42. The second-order valence-corrected chi connectivity index (χ2v) is 8.73. The average Bonchev–Trinajstić information content (AvgIpc) is 2.94. The number of rotatable bonds is 4. The highest BCUT2D eigenvalue weighted by atomic mass is 35.5. The molecule has 2 fully saturated rings. The molecular weight excluding hydrogens is 425 g/mol. The van der Waals surface area contributed by atoms with Crippen LogP contribution in [0.3, 0.4) is 0 Å². The van der Waals surface area contributed by atoms with Crippen molar-refractivity contribution in [2.45, 2.75) is 36.9 Å². The molecule has 7 heteroatoms. The zero-order chi connectivity index (χ0) is 21.4. The fourth-order valence-corrected chi connectivity index (χ4v) is 5.23. The van der Waals surface area contributed by atoms with Crippen molar-refractivity contribution < 1.29 is 19.1 Å². The van der Waals surface area contributed by atoms with Gasteiger partial charge in [-0.1, -0.05) is 47.5 Å². The Kier molecular flexibility index (Phi) is 6.05. The zero-order valence-electron chi connectivity index (χ0n) is 16.8. The highest BCUT2D eigenvalue weighted by molar-refractivity contribution is 6.42. The number of nitrogens with zero attached hydrogens (tertiary/aromatic N) is 1. The number of fused-ring (bicyclic) bond motifs is 2. The van der Waals surface area contributed by atoms with Gasteiger partial charge in [0.25, 0.3) is 0 Å². The Morgan fingerprint density at radius 3 is 2.43 bits per heavy atom. The maximum absolute atomic E-state index is 12.9. The fourth-order valence-electron chi connectivity index (χ4n) is 4.93. The Hall–Kier alpha value is -2.08. The van der Waals surface area contributed by atoms with Gasteiger partial charge in [0, 0.05) is 18.4 Å². The number of piperidine rings is 1. The zero-order valence-corrected chi connectivity index (χ0v) is 18.3. The minimum atomic E-state index is -0.482. The van der Waals surface area contributed by atoms with Crippen LogP contribution in [-0.2, 0) is 14.3 Å². The molecule has 0 N–H and O–H groups in total. The van der Waals surface area contributed by atoms with Gasteiger partial charge < -0.3 is 9.47 Å². The summed E-state index contributed by atoms with van der Waals surface area (Å²) in [4.78, 5) is 27.7. The van der Waals surface area contributed by atoms with E-state index in [1.807, 2.05) is 25.2 Å². The lowest BCUT2D eigenvalue weighted by molar-refractivity contribution is -0.151. The third-order valence-corrected chi connectivity index (χ3v) is 7.11. The van der Waals surface area contributed by atoms with Crippen LogP contribution in [0.25, 0.3) is 0 Å². The van der Waals surface area contributed by atoms with Crippen LogP contribution in [0, 0.1) is 5.92 Å². The van der Waals surface area contributed by atoms with E-state index < -0.39 is 12.0 Å². The molecule has 4 rings (SSSR count). The van der Waals surface area contributed by atoms with Crippen LogP contribution in [0.15, 0.2) is 48.5 Å². The minimum absolute atomic E-state index is 0.0983. The number of hydrogen-bond donors (Lipinski definition) is 0. The second-order valence-electron chi connectivity index (χ2n) is 7.92. The van der Waals surface area contributed by atoms with Crippen molar-refractivity contribution in [3.8, 4) is 0 Å². The molecule has 0 aliphatic carbocycles. The van der Waals surface area contributed by atoms with Gasteiger partial charge >= 0.3 is 11.9 Å². The topological polar surface area (TPSA) is 55.8 Å². The molecule has 5 nitrogen and oxygen atoms in total. The molecule has 0 radical (unpaired) electrons. The molecule has 2 aromatic rings. The quantitative estimate of drug-likeness (QED) is 0.642. The number of carbonyl (C=O) groups is 2. The van der Waals surface area contributed by atoms with Gasteiger partial charge in [-0.2, -0.15) is 0 Å². The molecule has 2 aromatic carbocycles. The molecule has 158 valence electrons. The Bertz CT molecular complexity index is 951. The first-order valence-corrected chi connectivity index (χ1v) is 10.7. The van der Waals surface area contributed by atoms with Crippen LogP contribution in [0.4, 0.5) is 0 Å². The number of benzene rings is 2. The first kappa shape index (κ1) is 21.2. The standard InChI is InChI=1S/C23H23Cl2NO4/c1-26-15-11-16(14-8-9-17(24)18(25)10-14)20(23(28)29-2)21(26)19(12-15)30-22(27)13-6-4-3-5-7-13/h3-10,15-16,19-21H,11-12H2,1-2H3/t15-,16-,19+,20-,21+/m0/s1.